The third kappa shape index (κ3) is 5.39. The zero-order chi connectivity index (χ0) is 24.1. The van der Waals surface area contributed by atoms with Gasteiger partial charge in [-0.2, -0.15) is 5.10 Å². The summed E-state index contributed by atoms with van der Waals surface area (Å²) in [7, 11) is 0. The van der Waals surface area contributed by atoms with Gasteiger partial charge in [0.25, 0.3) is 0 Å². The molecule has 1 aliphatic carbocycles. The number of rotatable bonds is 9. The first-order valence-corrected chi connectivity index (χ1v) is 11.3. The van der Waals surface area contributed by atoms with Crippen molar-refractivity contribution < 1.29 is 28.2 Å². The van der Waals surface area contributed by atoms with Crippen LogP contribution in [0.1, 0.15) is 36.2 Å². The van der Waals surface area contributed by atoms with Crippen molar-refractivity contribution >= 4 is 12.3 Å². The number of carbonyl (C=O) groups excluding carboxylic acids is 1. The summed E-state index contributed by atoms with van der Waals surface area (Å²) in [5.74, 6) is -1.64. The fourth-order valence-electron chi connectivity index (χ4n) is 4.62. The van der Waals surface area contributed by atoms with Crippen LogP contribution in [0.5, 0.6) is 0 Å². The Morgan fingerprint density at radius 2 is 1.79 bits per heavy atom. The maximum atomic E-state index is 14.8. The molecular formula is C26H26F2N2O4. The van der Waals surface area contributed by atoms with Gasteiger partial charge >= 0.3 is 5.97 Å². The average molecular weight is 469 g/mol. The molecule has 4 rings (SSSR count). The highest BCUT2D eigenvalue weighted by atomic mass is 19.1. The first-order chi connectivity index (χ1) is 16.5. The van der Waals surface area contributed by atoms with E-state index in [0.29, 0.717) is 36.6 Å². The Labute approximate surface area is 196 Å². The Morgan fingerprint density at radius 1 is 1.09 bits per heavy atom. The van der Waals surface area contributed by atoms with Crippen LogP contribution < -0.4 is 0 Å². The molecule has 6 nitrogen and oxygen atoms in total. The highest BCUT2D eigenvalue weighted by molar-refractivity contribution is 5.93. The number of carboxylic acid groups (broad SMARTS) is 1. The zero-order valence-electron chi connectivity index (χ0n) is 18.6. The average Bonchev–Trinajstić information content (AvgIpc) is 3.20. The Morgan fingerprint density at radius 3 is 2.47 bits per heavy atom. The lowest BCUT2D eigenvalue weighted by atomic mass is 9.82. The largest absolute Gasteiger partial charge is 0.480 e. The molecule has 0 radical (unpaired) electrons. The number of hydrogen-bond donors (Lipinski definition) is 1. The lowest BCUT2D eigenvalue weighted by molar-refractivity contribution is -0.142. The molecule has 34 heavy (non-hydrogen) atoms. The van der Waals surface area contributed by atoms with Gasteiger partial charge in [-0.25, -0.2) is 13.6 Å². The van der Waals surface area contributed by atoms with Crippen LogP contribution in [-0.2, 0) is 16.1 Å². The fraction of sp³-hybridized carbons (Fsp3) is 0.346. The molecule has 1 N–H and O–H groups in total. The fourth-order valence-corrected chi connectivity index (χ4v) is 4.62. The van der Waals surface area contributed by atoms with E-state index in [4.69, 9.17) is 9.84 Å². The number of halogens is 2. The molecule has 1 fully saturated rings. The molecule has 1 aromatic heterocycles. The first kappa shape index (κ1) is 23.8. The van der Waals surface area contributed by atoms with Gasteiger partial charge in [0, 0.05) is 23.2 Å². The summed E-state index contributed by atoms with van der Waals surface area (Å²) in [6.07, 6.45) is 4.19. The van der Waals surface area contributed by atoms with Crippen molar-refractivity contribution in [1.82, 2.24) is 9.78 Å². The number of aldehydes is 1. The second-order valence-electron chi connectivity index (χ2n) is 8.69. The SMILES string of the molecule is O=Cc1c(-c2cc(F)ccc2F)c(-c2ccccc2)nn1C[C@H]1CC[C@@H](COCC(=O)O)CC1. The van der Waals surface area contributed by atoms with Gasteiger partial charge in [0.15, 0.2) is 6.29 Å². The van der Waals surface area contributed by atoms with Crippen molar-refractivity contribution in [2.24, 2.45) is 11.8 Å². The normalized spacial score (nSPS) is 18.1. The van der Waals surface area contributed by atoms with Gasteiger partial charge in [-0.3, -0.25) is 9.48 Å². The Bertz CT molecular complexity index is 1160. The van der Waals surface area contributed by atoms with E-state index in [1.54, 1.807) is 4.68 Å². The number of aromatic nitrogens is 2. The van der Waals surface area contributed by atoms with Gasteiger partial charge in [0.05, 0.1) is 6.61 Å². The van der Waals surface area contributed by atoms with Gasteiger partial charge in [-0.1, -0.05) is 30.3 Å². The predicted molar refractivity (Wildman–Crippen MR) is 122 cm³/mol. The van der Waals surface area contributed by atoms with Crippen LogP contribution in [0.25, 0.3) is 22.4 Å². The Kier molecular flexibility index (Phi) is 7.47. The predicted octanol–water partition coefficient (Wildman–Crippen LogP) is 5.22. The minimum absolute atomic E-state index is 0.00601. The number of carbonyl (C=O) groups is 2. The number of benzene rings is 2. The van der Waals surface area contributed by atoms with Gasteiger partial charge < -0.3 is 9.84 Å². The maximum Gasteiger partial charge on any atom is 0.329 e. The van der Waals surface area contributed by atoms with Crippen molar-refractivity contribution in [3.63, 3.8) is 0 Å². The van der Waals surface area contributed by atoms with E-state index in [9.17, 15) is 18.4 Å². The molecule has 0 saturated heterocycles. The van der Waals surface area contributed by atoms with Crippen LogP contribution >= 0.6 is 0 Å². The highest BCUT2D eigenvalue weighted by Crippen LogP contribution is 2.37. The zero-order valence-corrected chi connectivity index (χ0v) is 18.6. The standard InChI is InChI=1S/C26H26F2N2O4/c27-20-10-11-22(28)21(12-20)25-23(14-31)30(29-26(25)19-4-2-1-3-5-19)13-17-6-8-18(9-7-17)15-34-16-24(32)33/h1-5,10-12,14,17-18H,6-9,13,15-16H2,(H,32,33)/t17-,18+. The van der Waals surface area contributed by atoms with Gasteiger partial charge in [0.1, 0.15) is 29.6 Å². The van der Waals surface area contributed by atoms with Crippen molar-refractivity contribution in [2.75, 3.05) is 13.2 Å². The number of carboxylic acids is 1. The second kappa shape index (κ2) is 10.7. The van der Waals surface area contributed by atoms with Gasteiger partial charge in [-0.15, -0.1) is 0 Å². The third-order valence-corrected chi connectivity index (χ3v) is 6.32. The molecule has 0 amide bonds. The van der Waals surface area contributed by atoms with Crippen LogP contribution in [-0.4, -0.2) is 40.4 Å². The first-order valence-electron chi connectivity index (χ1n) is 11.3. The van der Waals surface area contributed by atoms with Crippen LogP contribution in [0.4, 0.5) is 8.78 Å². The van der Waals surface area contributed by atoms with Crippen LogP contribution in [0.15, 0.2) is 48.5 Å². The summed E-state index contributed by atoms with van der Waals surface area (Å²) in [5, 5.41) is 13.4. The maximum absolute atomic E-state index is 14.8. The molecule has 3 aromatic rings. The van der Waals surface area contributed by atoms with E-state index in [0.717, 1.165) is 43.9 Å². The Balaban J connectivity index is 1.60. The molecule has 0 bridgehead atoms. The smallest absolute Gasteiger partial charge is 0.329 e. The highest BCUT2D eigenvalue weighted by Gasteiger charge is 2.27. The quantitative estimate of drug-likeness (QED) is 0.436. The Hall–Kier alpha value is -3.39. The molecule has 2 aromatic carbocycles. The number of aliphatic carboxylic acids is 1. The molecule has 1 aliphatic rings. The summed E-state index contributed by atoms with van der Waals surface area (Å²) >= 11 is 0. The lowest BCUT2D eigenvalue weighted by Gasteiger charge is -2.28. The van der Waals surface area contributed by atoms with E-state index in [1.807, 2.05) is 30.3 Å². The van der Waals surface area contributed by atoms with Crippen molar-refractivity contribution in [2.45, 2.75) is 32.2 Å². The minimum atomic E-state index is -0.978. The van der Waals surface area contributed by atoms with Crippen LogP contribution in [0.3, 0.4) is 0 Å². The summed E-state index contributed by atoms with van der Waals surface area (Å²) < 4.78 is 35.6. The van der Waals surface area contributed by atoms with Crippen LogP contribution in [0.2, 0.25) is 0 Å². The lowest BCUT2D eigenvalue weighted by Crippen LogP contribution is -2.23. The summed E-state index contributed by atoms with van der Waals surface area (Å²) in [6.45, 7) is 0.604. The van der Waals surface area contributed by atoms with Crippen LogP contribution in [0, 0.1) is 23.5 Å². The molecular weight excluding hydrogens is 442 g/mol. The molecule has 8 heteroatoms. The summed E-state index contributed by atoms with van der Waals surface area (Å²) in [4.78, 5) is 22.8. The minimum Gasteiger partial charge on any atom is -0.480 e. The number of nitrogens with zero attached hydrogens (tertiary/aromatic N) is 2. The van der Waals surface area contributed by atoms with Crippen molar-refractivity contribution in [3.8, 4) is 22.4 Å². The molecule has 0 spiro atoms. The third-order valence-electron chi connectivity index (χ3n) is 6.32. The molecule has 178 valence electrons. The number of ether oxygens (including phenoxy) is 1. The van der Waals surface area contributed by atoms with Crippen molar-refractivity contribution in [3.05, 3.63) is 65.9 Å². The topological polar surface area (TPSA) is 81.4 Å². The van der Waals surface area contributed by atoms with E-state index in [-0.39, 0.29) is 29.3 Å². The molecule has 1 saturated carbocycles. The monoisotopic (exact) mass is 468 g/mol. The van der Waals surface area contributed by atoms with E-state index >= 15 is 0 Å². The van der Waals surface area contributed by atoms with Gasteiger partial charge in [-0.05, 0) is 55.7 Å². The number of hydrogen-bond acceptors (Lipinski definition) is 4. The summed E-state index contributed by atoms with van der Waals surface area (Å²) in [6, 6.07) is 12.3. The molecule has 0 atom stereocenters. The van der Waals surface area contributed by atoms with E-state index < -0.39 is 17.6 Å². The molecule has 0 unspecified atom stereocenters. The van der Waals surface area contributed by atoms with E-state index in [2.05, 4.69) is 5.10 Å². The van der Waals surface area contributed by atoms with Gasteiger partial charge in [0.2, 0.25) is 0 Å². The molecule has 0 aliphatic heterocycles. The van der Waals surface area contributed by atoms with E-state index in [1.165, 1.54) is 0 Å². The summed E-state index contributed by atoms with van der Waals surface area (Å²) in [5.41, 5.74) is 1.65. The molecule has 1 heterocycles. The van der Waals surface area contributed by atoms with Crippen molar-refractivity contribution in [1.29, 1.82) is 0 Å². The second-order valence-corrected chi connectivity index (χ2v) is 8.69.